The van der Waals surface area contributed by atoms with Gasteiger partial charge < -0.3 is 10.1 Å². The quantitative estimate of drug-likeness (QED) is 0.322. The third kappa shape index (κ3) is 5.88. The molecule has 0 saturated heterocycles. The highest BCUT2D eigenvalue weighted by Gasteiger charge is 2.12. The molecule has 0 aliphatic carbocycles. The molecule has 0 aliphatic rings. The van der Waals surface area contributed by atoms with E-state index < -0.39 is 5.91 Å². The highest BCUT2D eigenvalue weighted by molar-refractivity contribution is 6.32. The van der Waals surface area contributed by atoms with Crippen molar-refractivity contribution in [3.8, 4) is 11.8 Å². The molecule has 0 aliphatic heterocycles. The van der Waals surface area contributed by atoms with Crippen molar-refractivity contribution in [2.24, 2.45) is 0 Å². The number of nitrogens with one attached hydrogen (secondary N) is 1. The van der Waals surface area contributed by atoms with Gasteiger partial charge in [0.25, 0.3) is 5.91 Å². The summed E-state index contributed by atoms with van der Waals surface area (Å²) in [6, 6.07) is 21.9. The van der Waals surface area contributed by atoms with Crippen LogP contribution in [-0.4, -0.2) is 5.91 Å². The van der Waals surface area contributed by atoms with Crippen LogP contribution >= 0.6 is 23.2 Å². The van der Waals surface area contributed by atoms with Crippen molar-refractivity contribution in [1.29, 1.82) is 5.26 Å². The van der Waals surface area contributed by atoms with Gasteiger partial charge in [-0.3, -0.25) is 4.79 Å². The topological polar surface area (TPSA) is 62.1 Å². The summed E-state index contributed by atoms with van der Waals surface area (Å²) in [4.78, 5) is 12.6. The Labute approximate surface area is 191 Å². The summed E-state index contributed by atoms with van der Waals surface area (Å²) in [5.74, 6) is 0.0112. The van der Waals surface area contributed by atoms with Crippen molar-refractivity contribution in [3.05, 3.63) is 99.0 Å². The Balaban J connectivity index is 1.74. The van der Waals surface area contributed by atoms with Gasteiger partial charge in [-0.05, 0) is 47.9 Å². The van der Waals surface area contributed by atoms with Crippen LogP contribution in [0.15, 0.2) is 72.3 Å². The van der Waals surface area contributed by atoms with Crippen LogP contribution in [-0.2, 0) is 17.8 Å². The molecule has 0 bridgehead atoms. The van der Waals surface area contributed by atoms with Gasteiger partial charge in [0.1, 0.15) is 24.0 Å². The van der Waals surface area contributed by atoms with Crippen molar-refractivity contribution in [3.63, 3.8) is 0 Å². The SMILES string of the molecule is CCc1ccccc1NC(=O)/C(C#N)=C/c1ccc(OCc2ccccc2Cl)c(Cl)c1. The second-order valence-corrected chi connectivity index (χ2v) is 7.52. The fourth-order valence-electron chi connectivity index (χ4n) is 2.95. The number of rotatable bonds is 7. The molecule has 0 radical (unpaired) electrons. The number of amides is 1. The first kappa shape index (κ1) is 22.4. The number of aryl methyl sites for hydroxylation is 1. The number of para-hydroxylation sites is 1. The molecule has 6 heteroatoms. The number of anilines is 1. The number of benzene rings is 3. The zero-order chi connectivity index (χ0) is 22.2. The molecule has 4 nitrogen and oxygen atoms in total. The zero-order valence-corrected chi connectivity index (χ0v) is 18.4. The molecule has 3 aromatic rings. The molecule has 1 amide bonds. The van der Waals surface area contributed by atoms with E-state index in [0.717, 1.165) is 17.5 Å². The van der Waals surface area contributed by atoms with Gasteiger partial charge in [0.15, 0.2) is 0 Å². The van der Waals surface area contributed by atoms with E-state index in [9.17, 15) is 10.1 Å². The van der Waals surface area contributed by atoms with Gasteiger partial charge in [-0.2, -0.15) is 5.26 Å². The number of ether oxygens (including phenoxy) is 1. The molecule has 0 unspecified atom stereocenters. The summed E-state index contributed by atoms with van der Waals surface area (Å²) in [6.45, 7) is 2.28. The fourth-order valence-corrected chi connectivity index (χ4v) is 3.38. The van der Waals surface area contributed by atoms with Crippen molar-refractivity contribution in [1.82, 2.24) is 0 Å². The van der Waals surface area contributed by atoms with Gasteiger partial charge in [0, 0.05) is 16.3 Å². The fraction of sp³-hybridized carbons (Fsp3) is 0.120. The van der Waals surface area contributed by atoms with Gasteiger partial charge in [-0.1, -0.05) is 72.6 Å². The van der Waals surface area contributed by atoms with E-state index in [4.69, 9.17) is 27.9 Å². The molecule has 0 atom stereocenters. The summed E-state index contributed by atoms with van der Waals surface area (Å²) < 4.78 is 5.76. The summed E-state index contributed by atoms with van der Waals surface area (Å²) in [6.07, 6.45) is 2.26. The maximum Gasteiger partial charge on any atom is 0.266 e. The van der Waals surface area contributed by atoms with Crippen molar-refractivity contribution >= 4 is 40.9 Å². The van der Waals surface area contributed by atoms with Gasteiger partial charge in [0.05, 0.1) is 5.02 Å². The molecule has 3 aromatic carbocycles. The van der Waals surface area contributed by atoms with Crippen LogP contribution in [0.4, 0.5) is 5.69 Å². The Morgan fingerprint density at radius 2 is 1.74 bits per heavy atom. The van der Waals surface area contributed by atoms with E-state index >= 15 is 0 Å². The molecule has 1 N–H and O–H groups in total. The van der Waals surface area contributed by atoms with Crippen LogP contribution in [0.25, 0.3) is 6.08 Å². The van der Waals surface area contributed by atoms with Crippen LogP contribution in [0.2, 0.25) is 10.0 Å². The average Bonchev–Trinajstić information content (AvgIpc) is 2.78. The minimum Gasteiger partial charge on any atom is -0.487 e. The number of hydrogen-bond acceptors (Lipinski definition) is 3. The second kappa shape index (κ2) is 10.7. The van der Waals surface area contributed by atoms with E-state index in [1.807, 2.05) is 55.5 Å². The number of halogens is 2. The summed E-state index contributed by atoms with van der Waals surface area (Å²) in [7, 11) is 0. The first-order chi connectivity index (χ1) is 15.0. The normalized spacial score (nSPS) is 11.0. The lowest BCUT2D eigenvalue weighted by Gasteiger charge is -2.10. The largest absolute Gasteiger partial charge is 0.487 e. The number of nitriles is 1. The number of nitrogens with zero attached hydrogens (tertiary/aromatic N) is 1. The molecule has 156 valence electrons. The molecule has 3 rings (SSSR count). The lowest BCUT2D eigenvalue weighted by atomic mass is 10.1. The average molecular weight is 451 g/mol. The van der Waals surface area contributed by atoms with Crippen LogP contribution in [0.1, 0.15) is 23.6 Å². The molecule has 31 heavy (non-hydrogen) atoms. The van der Waals surface area contributed by atoms with Gasteiger partial charge in [0.2, 0.25) is 0 Å². The maximum absolute atomic E-state index is 12.6. The minimum absolute atomic E-state index is 0.0216. The van der Waals surface area contributed by atoms with E-state index in [-0.39, 0.29) is 12.2 Å². The molecular weight excluding hydrogens is 431 g/mol. The predicted octanol–water partition coefficient (Wildman–Crippen LogP) is 6.68. The molecule has 0 fully saturated rings. The van der Waals surface area contributed by atoms with Crippen molar-refractivity contribution < 1.29 is 9.53 Å². The first-order valence-corrected chi connectivity index (χ1v) is 10.4. The maximum atomic E-state index is 12.6. The first-order valence-electron chi connectivity index (χ1n) is 9.68. The molecule has 0 spiro atoms. The van der Waals surface area contributed by atoms with E-state index in [1.54, 1.807) is 24.3 Å². The lowest BCUT2D eigenvalue weighted by molar-refractivity contribution is -0.112. The van der Waals surface area contributed by atoms with Crippen LogP contribution in [0, 0.1) is 11.3 Å². The van der Waals surface area contributed by atoms with Gasteiger partial charge in [-0.25, -0.2) is 0 Å². The molecular formula is C25H20Cl2N2O2. The van der Waals surface area contributed by atoms with Crippen LogP contribution in [0.5, 0.6) is 5.75 Å². The smallest absolute Gasteiger partial charge is 0.266 e. The van der Waals surface area contributed by atoms with E-state index in [2.05, 4.69) is 5.32 Å². The summed E-state index contributed by atoms with van der Waals surface area (Å²) in [5.41, 5.74) is 3.13. The number of hydrogen-bond donors (Lipinski definition) is 1. The zero-order valence-electron chi connectivity index (χ0n) is 16.9. The minimum atomic E-state index is -0.474. The van der Waals surface area contributed by atoms with Crippen LogP contribution < -0.4 is 10.1 Å². The van der Waals surface area contributed by atoms with E-state index in [1.165, 1.54) is 6.08 Å². The Hall–Kier alpha value is -3.26. The highest BCUT2D eigenvalue weighted by Crippen LogP contribution is 2.28. The molecule has 0 heterocycles. The molecule has 0 aromatic heterocycles. The third-order valence-corrected chi connectivity index (χ3v) is 5.28. The third-order valence-electron chi connectivity index (χ3n) is 4.62. The Kier molecular flexibility index (Phi) is 7.72. The summed E-state index contributed by atoms with van der Waals surface area (Å²) in [5, 5.41) is 13.3. The van der Waals surface area contributed by atoms with Crippen LogP contribution in [0.3, 0.4) is 0 Å². The number of carbonyl (C=O) groups is 1. The Morgan fingerprint density at radius 1 is 1.03 bits per heavy atom. The molecule has 0 saturated carbocycles. The van der Waals surface area contributed by atoms with Gasteiger partial charge >= 0.3 is 0 Å². The predicted molar refractivity (Wildman–Crippen MR) is 125 cm³/mol. The van der Waals surface area contributed by atoms with Gasteiger partial charge in [-0.15, -0.1) is 0 Å². The van der Waals surface area contributed by atoms with E-state index in [0.29, 0.717) is 27.0 Å². The number of carbonyl (C=O) groups excluding carboxylic acids is 1. The van der Waals surface area contributed by atoms with Crippen molar-refractivity contribution in [2.45, 2.75) is 20.0 Å². The Morgan fingerprint density at radius 3 is 2.42 bits per heavy atom. The Bertz CT molecular complexity index is 1170. The van der Waals surface area contributed by atoms with Crippen molar-refractivity contribution in [2.75, 3.05) is 5.32 Å². The summed E-state index contributed by atoms with van der Waals surface area (Å²) >= 11 is 12.5. The highest BCUT2D eigenvalue weighted by atomic mass is 35.5. The lowest BCUT2D eigenvalue weighted by Crippen LogP contribution is -2.14. The monoisotopic (exact) mass is 450 g/mol. The standard InChI is InChI=1S/C25H20Cl2N2O2/c1-2-18-7-4-6-10-23(18)29-25(30)20(15-28)13-17-11-12-24(22(27)14-17)31-16-19-8-3-5-9-21(19)26/h3-14H,2,16H2,1H3,(H,29,30)/b20-13+. The second-order valence-electron chi connectivity index (χ2n) is 6.70.